The fourth-order valence-electron chi connectivity index (χ4n) is 6.22. The maximum Gasteiger partial charge on any atom is 0.154 e. The van der Waals surface area contributed by atoms with Crippen LogP contribution in [-0.4, -0.2) is 23.3 Å². The van der Waals surface area contributed by atoms with Gasteiger partial charge in [-0.25, -0.2) is 4.99 Å². The molecule has 49 heavy (non-hydrogen) atoms. The van der Waals surface area contributed by atoms with Crippen LogP contribution < -0.4 is 5.32 Å². The van der Waals surface area contributed by atoms with E-state index in [4.69, 9.17) is 5.41 Å². The van der Waals surface area contributed by atoms with Crippen LogP contribution in [0.1, 0.15) is 43.4 Å². The summed E-state index contributed by atoms with van der Waals surface area (Å²) in [7, 11) is 1.85. The minimum atomic E-state index is 0.221. The Hall–Kier alpha value is -6.00. The van der Waals surface area contributed by atoms with Crippen molar-refractivity contribution in [1.29, 1.82) is 5.41 Å². The van der Waals surface area contributed by atoms with Crippen LogP contribution >= 0.6 is 0 Å². The molecule has 0 saturated carbocycles. The van der Waals surface area contributed by atoms with Gasteiger partial charge in [-0.3, -0.25) is 5.41 Å². The zero-order valence-corrected chi connectivity index (χ0v) is 28.4. The standard InChI is InChI=1S/C39H32N4.C6H10/c1-41-39(42-38(40)28-14-6-3-7-15-28)32-18-11-19-33(25-32)43-36-21-9-8-20-34(36)35-23-22-31(26-37(35)43)30-17-10-16-29(24-30)27-12-4-2-5-13-27;1-3-5-6-4-2/h2-4,6-12,14-26H,5,13H2,1H3,(H2,40,41,42);3-6H,1-2H3/b;5-3-,6-4-. The van der Waals surface area contributed by atoms with Crippen molar-refractivity contribution in [1.82, 2.24) is 9.88 Å². The van der Waals surface area contributed by atoms with Crippen molar-refractivity contribution in [3.63, 3.8) is 0 Å². The average molecular weight is 639 g/mol. The van der Waals surface area contributed by atoms with Crippen LogP contribution in [0.5, 0.6) is 0 Å². The molecule has 242 valence electrons. The smallest absolute Gasteiger partial charge is 0.154 e. The van der Waals surface area contributed by atoms with Crippen molar-refractivity contribution in [3.05, 3.63) is 181 Å². The molecule has 6 aromatic rings. The normalized spacial score (nSPS) is 13.1. The third-order valence-electron chi connectivity index (χ3n) is 8.64. The van der Waals surface area contributed by atoms with E-state index in [9.17, 15) is 0 Å². The van der Waals surface area contributed by atoms with Gasteiger partial charge in [0, 0.05) is 34.6 Å². The highest BCUT2D eigenvalue weighted by Gasteiger charge is 2.15. The van der Waals surface area contributed by atoms with E-state index in [1.165, 1.54) is 33.0 Å². The number of hydrogen-bond acceptors (Lipinski definition) is 1. The van der Waals surface area contributed by atoms with Gasteiger partial charge in [-0.1, -0.05) is 134 Å². The summed E-state index contributed by atoms with van der Waals surface area (Å²) in [6.45, 7) is 4.00. The number of aromatic nitrogens is 1. The van der Waals surface area contributed by atoms with Gasteiger partial charge in [0.05, 0.1) is 11.0 Å². The maximum atomic E-state index is 8.57. The Balaban J connectivity index is 0.000000639. The molecule has 0 fully saturated rings. The number of nitrogens with zero attached hydrogens (tertiary/aromatic N) is 2. The van der Waals surface area contributed by atoms with Crippen molar-refractivity contribution in [2.75, 3.05) is 7.05 Å². The maximum absolute atomic E-state index is 8.57. The van der Waals surface area contributed by atoms with E-state index < -0.39 is 0 Å². The number of para-hydroxylation sites is 1. The molecule has 0 radical (unpaired) electrons. The van der Waals surface area contributed by atoms with E-state index in [0.29, 0.717) is 5.84 Å². The minimum absolute atomic E-state index is 0.221. The number of fused-ring (bicyclic) bond motifs is 3. The average Bonchev–Trinajstić information content (AvgIpc) is 3.51. The first-order valence-electron chi connectivity index (χ1n) is 16.9. The number of benzene rings is 5. The molecule has 2 N–H and O–H groups in total. The first kappa shape index (κ1) is 32.9. The molecule has 0 aliphatic heterocycles. The second-order valence-electron chi connectivity index (χ2n) is 11.9. The molecule has 0 bridgehead atoms. The summed E-state index contributed by atoms with van der Waals surface area (Å²) in [6, 6.07) is 42.3. The van der Waals surface area contributed by atoms with Gasteiger partial charge in [0.25, 0.3) is 0 Å². The molecular formula is C45H42N4. The molecule has 0 spiro atoms. The van der Waals surface area contributed by atoms with E-state index in [-0.39, 0.29) is 5.84 Å². The second kappa shape index (κ2) is 15.7. The Labute approximate surface area is 289 Å². The number of rotatable bonds is 6. The van der Waals surface area contributed by atoms with Crippen LogP contribution in [0.15, 0.2) is 169 Å². The molecule has 0 amide bonds. The van der Waals surface area contributed by atoms with Gasteiger partial charge in [-0.15, -0.1) is 0 Å². The van der Waals surface area contributed by atoms with Crippen LogP contribution in [0.2, 0.25) is 0 Å². The molecule has 1 aromatic heterocycles. The summed E-state index contributed by atoms with van der Waals surface area (Å²) in [5, 5.41) is 14.2. The molecular weight excluding hydrogens is 597 g/mol. The second-order valence-corrected chi connectivity index (χ2v) is 11.9. The molecule has 4 nitrogen and oxygen atoms in total. The summed E-state index contributed by atoms with van der Waals surface area (Å²) >= 11 is 0. The number of hydrogen-bond donors (Lipinski definition) is 2. The summed E-state index contributed by atoms with van der Waals surface area (Å²) < 4.78 is 2.34. The van der Waals surface area contributed by atoms with Crippen LogP contribution in [0, 0.1) is 5.41 Å². The zero-order chi connectivity index (χ0) is 34.0. The third-order valence-corrected chi connectivity index (χ3v) is 8.64. The summed E-state index contributed by atoms with van der Waals surface area (Å²) in [5.74, 6) is 0.875. The van der Waals surface area contributed by atoms with Gasteiger partial charge in [0.15, 0.2) is 5.84 Å². The SMILES string of the molecule is C/C=C\C=C/C.CNC(=NC(=N)c1ccccc1)c1cccc(-n2c3ccccc3c3ccc(-c4cccc(C5=CC=CCC5)c4)cc32)c1. The first-order chi connectivity index (χ1) is 24.1. The van der Waals surface area contributed by atoms with Crippen molar-refractivity contribution >= 4 is 39.1 Å². The van der Waals surface area contributed by atoms with E-state index in [1.807, 2.05) is 81.6 Å². The van der Waals surface area contributed by atoms with Gasteiger partial charge < -0.3 is 9.88 Å². The molecule has 7 rings (SSSR count). The predicted molar refractivity (Wildman–Crippen MR) is 211 cm³/mol. The number of aliphatic imine (C=N–C) groups is 1. The van der Waals surface area contributed by atoms with Crippen LogP contribution in [0.25, 0.3) is 44.2 Å². The van der Waals surface area contributed by atoms with Crippen molar-refractivity contribution in [2.24, 2.45) is 4.99 Å². The lowest BCUT2D eigenvalue weighted by Gasteiger charge is -2.13. The number of allylic oxidation sites excluding steroid dienone is 8. The van der Waals surface area contributed by atoms with Gasteiger partial charge in [-0.05, 0) is 79.3 Å². The Morgan fingerprint density at radius 3 is 2.14 bits per heavy atom. The molecule has 4 heteroatoms. The number of nitrogens with one attached hydrogen (secondary N) is 2. The molecule has 0 saturated heterocycles. The van der Waals surface area contributed by atoms with E-state index in [2.05, 4.69) is 118 Å². The fourth-order valence-corrected chi connectivity index (χ4v) is 6.22. The lowest BCUT2D eigenvalue weighted by atomic mass is 9.94. The lowest BCUT2D eigenvalue weighted by Crippen LogP contribution is -2.21. The number of amidine groups is 2. The van der Waals surface area contributed by atoms with E-state index in [1.54, 1.807) is 0 Å². The minimum Gasteiger partial charge on any atom is -0.373 e. The molecule has 1 heterocycles. The van der Waals surface area contributed by atoms with Crippen molar-refractivity contribution in [2.45, 2.75) is 26.7 Å². The quantitative estimate of drug-likeness (QED) is 0.106. The summed E-state index contributed by atoms with van der Waals surface area (Å²) in [4.78, 5) is 4.65. The van der Waals surface area contributed by atoms with Crippen LogP contribution in [-0.2, 0) is 0 Å². The van der Waals surface area contributed by atoms with Gasteiger partial charge in [0.1, 0.15) is 5.84 Å². The Bertz CT molecular complexity index is 2230. The summed E-state index contributed by atoms with van der Waals surface area (Å²) in [6.07, 6.45) is 16.8. The van der Waals surface area contributed by atoms with Gasteiger partial charge in [0.2, 0.25) is 0 Å². The monoisotopic (exact) mass is 638 g/mol. The molecule has 1 aliphatic rings. The largest absolute Gasteiger partial charge is 0.373 e. The highest BCUT2D eigenvalue weighted by molar-refractivity contribution is 6.12. The molecule has 1 aliphatic carbocycles. The van der Waals surface area contributed by atoms with Gasteiger partial charge >= 0.3 is 0 Å². The predicted octanol–water partition coefficient (Wildman–Crippen LogP) is 11.3. The fraction of sp³-hybridized carbons (Fsp3) is 0.111. The van der Waals surface area contributed by atoms with Crippen LogP contribution in [0.3, 0.4) is 0 Å². The Morgan fingerprint density at radius 2 is 1.39 bits per heavy atom. The molecule has 0 atom stereocenters. The topological polar surface area (TPSA) is 53.2 Å². The first-order valence-corrected chi connectivity index (χ1v) is 16.9. The highest BCUT2D eigenvalue weighted by Crippen LogP contribution is 2.36. The Kier molecular flexibility index (Phi) is 10.6. The lowest BCUT2D eigenvalue weighted by molar-refractivity contribution is 1.05. The molecule has 0 unspecified atom stereocenters. The van der Waals surface area contributed by atoms with Crippen molar-refractivity contribution in [3.8, 4) is 16.8 Å². The van der Waals surface area contributed by atoms with Crippen LogP contribution in [0.4, 0.5) is 0 Å². The van der Waals surface area contributed by atoms with E-state index >= 15 is 0 Å². The summed E-state index contributed by atoms with van der Waals surface area (Å²) in [5.41, 5.74) is 10.1. The highest BCUT2D eigenvalue weighted by atomic mass is 15.0. The van der Waals surface area contributed by atoms with Crippen molar-refractivity contribution < 1.29 is 0 Å². The zero-order valence-electron chi connectivity index (χ0n) is 28.4. The van der Waals surface area contributed by atoms with E-state index in [0.717, 1.165) is 40.7 Å². The third kappa shape index (κ3) is 7.45. The Morgan fingerprint density at radius 1 is 0.694 bits per heavy atom. The van der Waals surface area contributed by atoms with Gasteiger partial charge in [-0.2, -0.15) is 0 Å². The molecule has 5 aromatic carbocycles.